The lowest BCUT2D eigenvalue weighted by Crippen LogP contribution is -2.32. The number of carbonyl (C=O) groups is 2. The molecule has 11 heteroatoms. The minimum absolute atomic E-state index is 0.0891. The molecule has 0 bridgehead atoms. The van der Waals surface area contributed by atoms with Gasteiger partial charge in [-0.1, -0.05) is 23.7 Å². The van der Waals surface area contributed by atoms with Crippen LogP contribution in [-0.4, -0.2) is 40.6 Å². The van der Waals surface area contributed by atoms with Crippen LogP contribution in [-0.2, 0) is 16.4 Å². The molecule has 4 aromatic rings. The topological polar surface area (TPSA) is 89.3 Å². The molecule has 0 unspecified atom stereocenters. The fourth-order valence-electron chi connectivity index (χ4n) is 3.89. The number of benzene rings is 3. The Morgan fingerprint density at radius 1 is 0.882 bits per heavy atom. The van der Waals surface area contributed by atoms with Gasteiger partial charge in [-0.2, -0.15) is 0 Å². The number of amides is 2. The first kappa shape index (κ1) is 22.2. The number of hydrogen-bond donors (Lipinski definition) is 0. The Balaban J connectivity index is 1.58. The summed E-state index contributed by atoms with van der Waals surface area (Å²) in [6.45, 7) is -0.184. The Bertz CT molecular complexity index is 1570. The molecule has 0 N–H and O–H groups in total. The van der Waals surface area contributed by atoms with Crippen molar-refractivity contribution in [2.75, 3.05) is 6.54 Å². The molecule has 2 heterocycles. The number of imide groups is 1. The van der Waals surface area contributed by atoms with E-state index in [1.807, 2.05) is 0 Å². The number of aromatic nitrogens is 2. The van der Waals surface area contributed by atoms with Gasteiger partial charge in [-0.15, -0.1) is 0 Å². The highest BCUT2D eigenvalue weighted by atomic mass is 35.5. The number of halogens is 3. The summed E-state index contributed by atoms with van der Waals surface area (Å²) in [5, 5.41) is 0.313. The average Bonchev–Trinajstić information content (AvgIpc) is 3.28. The van der Waals surface area contributed by atoms with E-state index in [1.54, 1.807) is 12.1 Å². The number of carbonyl (C=O) groups excluding carboxylic acids is 2. The maximum absolute atomic E-state index is 14.0. The van der Waals surface area contributed by atoms with Gasteiger partial charge in [0.05, 0.1) is 27.1 Å². The molecule has 3 aromatic carbocycles. The van der Waals surface area contributed by atoms with Crippen LogP contribution in [0, 0.1) is 11.6 Å². The molecule has 0 fully saturated rings. The van der Waals surface area contributed by atoms with Crippen LogP contribution < -0.4 is 0 Å². The van der Waals surface area contributed by atoms with Gasteiger partial charge in [-0.25, -0.2) is 26.2 Å². The molecule has 0 radical (unpaired) electrons. The van der Waals surface area contributed by atoms with Crippen molar-refractivity contribution in [1.82, 2.24) is 13.9 Å². The van der Waals surface area contributed by atoms with E-state index in [9.17, 15) is 26.8 Å². The quantitative estimate of drug-likeness (QED) is 0.385. The Morgan fingerprint density at radius 3 is 2.09 bits per heavy atom. The zero-order valence-electron chi connectivity index (χ0n) is 17.2. The second-order valence-corrected chi connectivity index (χ2v) is 9.79. The Labute approximate surface area is 197 Å². The van der Waals surface area contributed by atoms with Crippen molar-refractivity contribution >= 4 is 44.5 Å². The second-order valence-electron chi connectivity index (χ2n) is 7.56. The third-order valence-corrected chi connectivity index (χ3v) is 7.52. The molecule has 1 aliphatic rings. The van der Waals surface area contributed by atoms with Gasteiger partial charge in [0.1, 0.15) is 5.82 Å². The van der Waals surface area contributed by atoms with E-state index in [1.165, 1.54) is 36.4 Å². The molecule has 0 aliphatic carbocycles. The highest BCUT2D eigenvalue weighted by molar-refractivity contribution is 7.90. The van der Waals surface area contributed by atoms with Crippen molar-refractivity contribution < 1.29 is 26.8 Å². The van der Waals surface area contributed by atoms with Crippen LogP contribution in [0.3, 0.4) is 0 Å². The van der Waals surface area contributed by atoms with Crippen LogP contribution in [0.1, 0.15) is 26.5 Å². The molecular formula is C23H14ClF2N3O4S. The van der Waals surface area contributed by atoms with Crippen molar-refractivity contribution in [1.29, 1.82) is 0 Å². The van der Waals surface area contributed by atoms with E-state index < -0.39 is 33.5 Å². The molecular weight excluding hydrogens is 488 g/mol. The second kappa shape index (κ2) is 8.00. The summed E-state index contributed by atoms with van der Waals surface area (Å²) < 4.78 is 55.6. The Hall–Kier alpha value is -3.63. The van der Waals surface area contributed by atoms with Gasteiger partial charge >= 0.3 is 0 Å². The number of nitrogens with zero attached hydrogens (tertiary/aromatic N) is 3. The van der Waals surface area contributed by atoms with Crippen molar-refractivity contribution in [2.24, 2.45) is 0 Å². The summed E-state index contributed by atoms with van der Waals surface area (Å²) in [6, 6.07) is 13.2. The van der Waals surface area contributed by atoms with Crippen molar-refractivity contribution in [2.45, 2.75) is 11.3 Å². The Kier molecular flexibility index (Phi) is 5.22. The van der Waals surface area contributed by atoms with Crippen molar-refractivity contribution in [3.63, 3.8) is 0 Å². The van der Waals surface area contributed by atoms with Gasteiger partial charge in [0.25, 0.3) is 21.8 Å². The molecule has 34 heavy (non-hydrogen) atoms. The number of imidazole rings is 1. The lowest BCUT2D eigenvalue weighted by atomic mass is 10.1. The fourth-order valence-corrected chi connectivity index (χ4v) is 5.52. The number of fused-ring (bicyclic) bond motifs is 2. The highest BCUT2D eigenvalue weighted by Gasteiger charge is 2.35. The third kappa shape index (κ3) is 3.46. The van der Waals surface area contributed by atoms with Crippen LogP contribution in [0.4, 0.5) is 8.78 Å². The van der Waals surface area contributed by atoms with Crippen LogP contribution >= 0.6 is 11.6 Å². The molecule has 2 amide bonds. The van der Waals surface area contributed by atoms with Gasteiger partial charge in [-0.05, 0) is 36.4 Å². The summed E-state index contributed by atoms with van der Waals surface area (Å²) in [6.07, 6.45) is -0.170. The monoisotopic (exact) mass is 501 g/mol. The molecule has 5 rings (SSSR count). The number of rotatable bonds is 5. The summed E-state index contributed by atoms with van der Waals surface area (Å²) in [5.41, 5.74) is 0.234. The molecule has 0 spiro atoms. The largest absolute Gasteiger partial charge is 0.274 e. The number of hydrogen-bond acceptors (Lipinski definition) is 5. The van der Waals surface area contributed by atoms with Crippen molar-refractivity contribution in [3.8, 4) is 0 Å². The van der Waals surface area contributed by atoms with Crippen LogP contribution in [0.2, 0.25) is 5.02 Å². The molecule has 0 saturated carbocycles. The zero-order chi connectivity index (χ0) is 24.2. The van der Waals surface area contributed by atoms with Crippen LogP contribution in [0.25, 0.3) is 11.0 Å². The van der Waals surface area contributed by atoms with Crippen LogP contribution in [0.15, 0.2) is 65.6 Å². The van der Waals surface area contributed by atoms with Gasteiger partial charge in [-0.3, -0.25) is 14.5 Å². The van der Waals surface area contributed by atoms with Gasteiger partial charge in [0.2, 0.25) is 0 Å². The standard InChI is InChI=1S/C23H14ClF2N3O4S/c24-13-5-7-14(8-6-13)34(32,33)29-20-12-18(26)17(25)11-19(20)27-21(29)9-10-28-22(30)15-3-1-2-4-16(15)23(28)31/h1-8,11-12H,9-10H2. The summed E-state index contributed by atoms with van der Waals surface area (Å²) in [5.74, 6) is -3.55. The predicted molar refractivity (Wildman–Crippen MR) is 119 cm³/mol. The fraction of sp³-hybridized carbons (Fsp3) is 0.0870. The van der Waals surface area contributed by atoms with E-state index in [0.717, 1.165) is 21.0 Å². The first-order valence-electron chi connectivity index (χ1n) is 10.0. The molecule has 172 valence electrons. The first-order valence-corrected chi connectivity index (χ1v) is 11.8. The Morgan fingerprint density at radius 2 is 1.47 bits per heavy atom. The van der Waals surface area contributed by atoms with E-state index in [2.05, 4.69) is 4.98 Å². The van der Waals surface area contributed by atoms with Crippen LogP contribution in [0.5, 0.6) is 0 Å². The maximum Gasteiger partial charge on any atom is 0.269 e. The highest BCUT2D eigenvalue weighted by Crippen LogP contribution is 2.28. The third-order valence-electron chi connectivity index (χ3n) is 5.51. The van der Waals surface area contributed by atoms with E-state index in [-0.39, 0.29) is 45.8 Å². The predicted octanol–water partition coefficient (Wildman–Crippen LogP) is 4.04. The lowest BCUT2D eigenvalue weighted by Gasteiger charge is -2.15. The minimum Gasteiger partial charge on any atom is -0.274 e. The normalized spacial score (nSPS) is 13.7. The summed E-state index contributed by atoms with van der Waals surface area (Å²) >= 11 is 5.86. The first-order chi connectivity index (χ1) is 16.2. The van der Waals surface area contributed by atoms with Gasteiger partial charge in [0, 0.05) is 30.1 Å². The SMILES string of the molecule is O=C1c2ccccc2C(=O)N1CCc1nc2cc(F)c(F)cc2n1S(=O)(=O)c1ccc(Cl)cc1. The zero-order valence-corrected chi connectivity index (χ0v) is 18.8. The minimum atomic E-state index is -4.31. The summed E-state index contributed by atoms with van der Waals surface area (Å²) in [4.78, 5) is 30.4. The molecule has 0 atom stereocenters. The molecule has 0 saturated heterocycles. The smallest absolute Gasteiger partial charge is 0.269 e. The molecule has 7 nitrogen and oxygen atoms in total. The molecule has 1 aromatic heterocycles. The van der Waals surface area contributed by atoms with E-state index >= 15 is 0 Å². The van der Waals surface area contributed by atoms with Crippen molar-refractivity contribution in [3.05, 3.63) is 94.3 Å². The van der Waals surface area contributed by atoms with Gasteiger partial charge < -0.3 is 0 Å². The average molecular weight is 502 g/mol. The maximum atomic E-state index is 14.0. The van der Waals surface area contributed by atoms with E-state index in [0.29, 0.717) is 5.02 Å². The summed E-state index contributed by atoms with van der Waals surface area (Å²) in [7, 11) is -4.31. The molecule has 1 aliphatic heterocycles. The van der Waals surface area contributed by atoms with E-state index in [4.69, 9.17) is 11.6 Å². The van der Waals surface area contributed by atoms with Gasteiger partial charge in [0.15, 0.2) is 11.6 Å². The lowest BCUT2D eigenvalue weighted by molar-refractivity contribution is 0.0655.